The fraction of sp³-hybridized carbons (Fsp3) is 0.500. The van der Waals surface area contributed by atoms with Crippen LogP contribution in [0.25, 0.3) is 0 Å². The number of rotatable bonds is 4. The normalized spacial score (nSPS) is 11.6. The standard InChI is InChI=1S/C10H13Cl3N2O/c1-10(2,16-3)5-14-9-7(12)4-6(11)8(13)15-9/h4H,5H2,1-3H3,(H,14,15). The van der Waals surface area contributed by atoms with Gasteiger partial charge in [0.2, 0.25) is 0 Å². The van der Waals surface area contributed by atoms with E-state index in [0.717, 1.165) is 0 Å². The molecule has 0 spiro atoms. The van der Waals surface area contributed by atoms with E-state index in [1.165, 1.54) is 0 Å². The SMILES string of the molecule is COC(C)(C)CNc1nc(Cl)c(Cl)cc1Cl. The molecule has 90 valence electrons. The summed E-state index contributed by atoms with van der Waals surface area (Å²) in [5.41, 5.74) is -0.308. The van der Waals surface area contributed by atoms with Gasteiger partial charge in [0, 0.05) is 13.7 Å². The summed E-state index contributed by atoms with van der Waals surface area (Å²) in [7, 11) is 1.64. The van der Waals surface area contributed by atoms with Gasteiger partial charge in [0.1, 0.15) is 11.0 Å². The maximum absolute atomic E-state index is 5.96. The number of methoxy groups -OCH3 is 1. The molecule has 0 bridgehead atoms. The van der Waals surface area contributed by atoms with E-state index in [4.69, 9.17) is 39.5 Å². The Balaban J connectivity index is 2.79. The second kappa shape index (κ2) is 5.41. The van der Waals surface area contributed by atoms with Gasteiger partial charge < -0.3 is 10.1 Å². The smallest absolute Gasteiger partial charge is 0.150 e. The van der Waals surface area contributed by atoms with Crippen LogP contribution in [-0.2, 0) is 4.74 Å². The van der Waals surface area contributed by atoms with Crippen molar-refractivity contribution in [1.82, 2.24) is 4.98 Å². The average Bonchev–Trinajstić information content (AvgIpc) is 2.22. The molecule has 0 unspecified atom stereocenters. The zero-order chi connectivity index (χ0) is 12.3. The molecule has 1 heterocycles. The van der Waals surface area contributed by atoms with E-state index in [9.17, 15) is 0 Å². The third kappa shape index (κ3) is 3.67. The lowest BCUT2D eigenvalue weighted by Gasteiger charge is -2.23. The van der Waals surface area contributed by atoms with E-state index < -0.39 is 0 Å². The van der Waals surface area contributed by atoms with Crippen molar-refractivity contribution in [3.63, 3.8) is 0 Å². The van der Waals surface area contributed by atoms with E-state index in [2.05, 4.69) is 10.3 Å². The Bertz CT molecular complexity index is 383. The molecule has 0 fully saturated rings. The van der Waals surface area contributed by atoms with E-state index in [0.29, 0.717) is 22.4 Å². The number of nitrogens with zero attached hydrogens (tertiary/aromatic N) is 1. The van der Waals surface area contributed by atoms with Crippen molar-refractivity contribution in [3.05, 3.63) is 21.3 Å². The molecule has 0 aromatic carbocycles. The summed E-state index contributed by atoms with van der Waals surface area (Å²) in [6.07, 6.45) is 0. The highest BCUT2D eigenvalue weighted by Gasteiger charge is 2.17. The molecule has 0 aliphatic rings. The largest absolute Gasteiger partial charge is 0.377 e. The fourth-order valence-electron chi connectivity index (χ4n) is 0.937. The number of hydrogen-bond acceptors (Lipinski definition) is 3. The highest BCUT2D eigenvalue weighted by atomic mass is 35.5. The Morgan fingerprint density at radius 3 is 2.50 bits per heavy atom. The molecule has 6 heteroatoms. The van der Waals surface area contributed by atoms with Gasteiger partial charge in [-0.1, -0.05) is 34.8 Å². The van der Waals surface area contributed by atoms with Gasteiger partial charge in [-0.2, -0.15) is 0 Å². The second-order valence-electron chi connectivity index (χ2n) is 3.91. The predicted molar refractivity (Wildman–Crippen MR) is 68.8 cm³/mol. The summed E-state index contributed by atoms with van der Waals surface area (Å²) in [6.45, 7) is 4.46. The first kappa shape index (κ1) is 13.8. The van der Waals surface area contributed by atoms with Gasteiger partial charge in [0.15, 0.2) is 0 Å². The van der Waals surface area contributed by atoms with Crippen molar-refractivity contribution in [3.8, 4) is 0 Å². The Morgan fingerprint density at radius 2 is 1.94 bits per heavy atom. The van der Waals surface area contributed by atoms with Gasteiger partial charge in [-0.05, 0) is 19.9 Å². The lowest BCUT2D eigenvalue weighted by molar-refractivity contribution is 0.0343. The number of aromatic nitrogens is 1. The van der Waals surface area contributed by atoms with Gasteiger partial charge >= 0.3 is 0 Å². The third-order valence-corrected chi connectivity index (χ3v) is 3.08. The molecule has 0 radical (unpaired) electrons. The van der Waals surface area contributed by atoms with Crippen molar-refractivity contribution in [2.75, 3.05) is 19.0 Å². The van der Waals surface area contributed by atoms with Crippen molar-refractivity contribution in [1.29, 1.82) is 0 Å². The predicted octanol–water partition coefficient (Wildman–Crippen LogP) is 3.88. The molecule has 0 aliphatic heterocycles. The topological polar surface area (TPSA) is 34.1 Å². The maximum atomic E-state index is 5.96. The fourth-order valence-corrected chi connectivity index (χ4v) is 1.50. The summed E-state index contributed by atoms with van der Waals surface area (Å²) in [5.74, 6) is 0.501. The van der Waals surface area contributed by atoms with Crippen molar-refractivity contribution < 1.29 is 4.74 Å². The number of hydrogen-bond donors (Lipinski definition) is 1. The Labute approximate surface area is 110 Å². The third-order valence-electron chi connectivity index (χ3n) is 2.12. The number of nitrogens with one attached hydrogen (secondary N) is 1. The molecule has 16 heavy (non-hydrogen) atoms. The van der Waals surface area contributed by atoms with Crippen LogP contribution in [0, 0.1) is 0 Å². The van der Waals surface area contributed by atoms with Gasteiger partial charge in [-0.3, -0.25) is 0 Å². The summed E-state index contributed by atoms with van der Waals surface area (Å²) < 4.78 is 5.26. The molecule has 0 atom stereocenters. The zero-order valence-corrected chi connectivity index (χ0v) is 11.5. The number of anilines is 1. The molecule has 0 aliphatic carbocycles. The minimum Gasteiger partial charge on any atom is -0.377 e. The average molecular weight is 284 g/mol. The molecule has 1 aromatic rings. The summed E-state index contributed by atoms with van der Waals surface area (Å²) in [5, 5.41) is 4.05. The monoisotopic (exact) mass is 282 g/mol. The van der Waals surface area contributed by atoms with Gasteiger partial charge in [-0.25, -0.2) is 4.98 Å². The minimum atomic E-state index is -0.308. The lowest BCUT2D eigenvalue weighted by Crippen LogP contribution is -2.32. The summed E-state index contributed by atoms with van der Waals surface area (Å²) in [4.78, 5) is 4.04. The van der Waals surface area contributed by atoms with E-state index in [1.807, 2.05) is 13.8 Å². The van der Waals surface area contributed by atoms with Crippen LogP contribution < -0.4 is 5.32 Å². The van der Waals surface area contributed by atoms with Crippen molar-refractivity contribution in [2.24, 2.45) is 0 Å². The van der Waals surface area contributed by atoms with E-state index in [-0.39, 0.29) is 10.8 Å². The first-order valence-electron chi connectivity index (χ1n) is 4.66. The maximum Gasteiger partial charge on any atom is 0.150 e. The molecule has 3 nitrogen and oxygen atoms in total. The molecule has 1 aromatic heterocycles. The molecular weight excluding hydrogens is 270 g/mol. The lowest BCUT2D eigenvalue weighted by atomic mass is 10.1. The van der Waals surface area contributed by atoms with Crippen LogP contribution in [0.2, 0.25) is 15.2 Å². The summed E-state index contributed by atoms with van der Waals surface area (Å²) in [6, 6.07) is 1.56. The molecule has 0 saturated heterocycles. The number of pyridine rings is 1. The van der Waals surface area contributed by atoms with Gasteiger partial charge in [0.05, 0.1) is 15.6 Å². The summed E-state index contributed by atoms with van der Waals surface area (Å²) >= 11 is 17.5. The van der Waals surface area contributed by atoms with Crippen LogP contribution in [0.15, 0.2) is 6.07 Å². The van der Waals surface area contributed by atoms with Crippen LogP contribution in [0.3, 0.4) is 0 Å². The highest BCUT2D eigenvalue weighted by molar-refractivity contribution is 6.42. The minimum absolute atomic E-state index is 0.226. The molecule has 0 amide bonds. The van der Waals surface area contributed by atoms with Gasteiger partial charge in [0.25, 0.3) is 0 Å². The quantitative estimate of drug-likeness (QED) is 0.852. The van der Waals surface area contributed by atoms with E-state index >= 15 is 0 Å². The highest BCUT2D eigenvalue weighted by Crippen LogP contribution is 2.29. The first-order chi connectivity index (χ1) is 7.35. The molecular formula is C10H13Cl3N2O. The number of halogens is 3. The molecule has 0 saturated carbocycles. The first-order valence-corrected chi connectivity index (χ1v) is 5.79. The second-order valence-corrected chi connectivity index (χ2v) is 5.08. The Kier molecular flexibility index (Phi) is 4.68. The van der Waals surface area contributed by atoms with E-state index in [1.54, 1.807) is 13.2 Å². The molecule has 1 N–H and O–H groups in total. The van der Waals surface area contributed by atoms with Crippen LogP contribution in [0.5, 0.6) is 0 Å². The Morgan fingerprint density at radius 1 is 1.31 bits per heavy atom. The molecule has 1 rings (SSSR count). The van der Waals surface area contributed by atoms with Crippen molar-refractivity contribution >= 4 is 40.6 Å². The van der Waals surface area contributed by atoms with Crippen LogP contribution >= 0.6 is 34.8 Å². The van der Waals surface area contributed by atoms with Gasteiger partial charge in [-0.15, -0.1) is 0 Å². The van der Waals surface area contributed by atoms with Crippen LogP contribution in [0.4, 0.5) is 5.82 Å². The van der Waals surface area contributed by atoms with Crippen molar-refractivity contribution in [2.45, 2.75) is 19.4 Å². The van der Waals surface area contributed by atoms with Crippen LogP contribution in [-0.4, -0.2) is 24.2 Å². The zero-order valence-electron chi connectivity index (χ0n) is 9.27. The number of ether oxygens (including phenoxy) is 1. The Hall–Kier alpha value is -0.220. The van der Waals surface area contributed by atoms with Crippen LogP contribution in [0.1, 0.15) is 13.8 Å².